The van der Waals surface area contributed by atoms with Gasteiger partial charge in [-0.2, -0.15) is 0 Å². The van der Waals surface area contributed by atoms with E-state index in [0.29, 0.717) is 25.2 Å². The molecule has 0 radical (unpaired) electrons. The number of halogens is 1. The first-order valence-corrected chi connectivity index (χ1v) is 8.00. The highest BCUT2D eigenvalue weighted by molar-refractivity contribution is 5.85. The highest BCUT2D eigenvalue weighted by Crippen LogP contribution is 2.18. The minimum Gasteiger partial charge on any atom is -0.399 e. The Hall–Kier alpha value is -1.75. The van der Waals surface area contributed by atoms with Crippen LogP contribution >= 0.6 is 12.4 Å². The molecule has 2 rings (SSSR count). The fourth-order valence-corrected chi connectivity index (χ4v) is 2.71. The summed E-state index contributed by atoms with van der Waals surface area (Å²) in [5.41, 5.74) is 7.32. The summed E-state index contributed by atoms with van der Waals surface area (Å²) < 4.78 is 0. The summed E-state index contributed by atoms with van der Waals surface area (Å²) in [6.45, 7) is 4.10. The number of hydrogen-bond acceptors (Lipinski definition) is 3. The third-order valence-electron chi connectivity index (χ3n) is 4.10. The second kappa shape index (κ2) is 9.40. The number of nitrogens with one attached hydrogen (secondary N) is 1. The monoisotopic (exact) mass is 339 g/mol. The number of hydrogen-bond donors (Lipinski definition) is 2. The average molecular weight is 340 g/mol. The van der Waals surface area contributed by atoms with E-state index in [4.69, 9.17) is 5.73 Å². The van der Waals surface area contributed by atoms with Crippen molar-refractivity contribution in [3.8, 4) is 0 Å². The molecular weight excluding hydrogens is 314 g/mol. The number of anilines is 1. The highest BCUT2D eigenvalue weighted by Gasteiger charge is 2.26. The molecule has 1 aliphatic rings. The quantitative estimate of drug-likeness (QED) is 0.806. The molecule has 1 aliphatic heterocycles. The third kappa shape index (κ3) is 5.75. The van der Waals surface area contributed by atoms with E-state index in [-0.39, 0.29) is 30.1 Å². The van der Waals surface area contributed by atoms with Crippen molar-refractivity contribution in [2.45, 2.75) is 32.6 Å². The van der Waals surface area contributed by atoms with E-state index in [1.165, 1.54) is 0 Å². The molecule has 0 atom stereocenters. The van der Waals surface area contributed by atoms with Crippen molar-refractivity contribution < 1.29 is 9.59 Å². The maximum atomic E-state index is 12.3. The van der Waals surface area contributed by atoms with Crippen LogP contribution in [0.2, 0.25) is 0 Å². The van der Waals surface area contributed by atoms with Crippen molar-refractivity contribution in [2.75, 3.05) is 25.4 Å². The summed E-state index contributed by atoms with van der Waals surface area (Å²) in [5, 5.41) is 2.94. The molecule has 128 valence electrons. The zero-order valence-electron chi connectivity index (χ0n) is 13.6. The van der Waals surface area contributed by atoms with E-state index in [1.54, 1.807) is 0 Å². The zero-order chi connectivity index (χ0) is 15.9. The zero-order valence-corrected chi connectivity index (χ0v) is 14.4. The first-order valence-electron chi connectivity index (χ1n) is 8.00. The van der Waals surface area contributed by atoms with Gasteiger partial charge in [0.2, 0.25) is 11.8 Å². The fourth-order valence-electron chi connectivity index (χ4n) is 2.71. The summed E-state index contributed by atoms with van der Waals surface area (Å²) >= 11 is 0. The summed E-state index contributed by atoms with van der Waals surface area (Å²) in [6.07, 6.45) is 2.85. The largest absolute Gasteiger partial charge is 0.399 e. The lowest BCUT2D eigenvalue weighted by atomic mass is 9.95. The number of rotatable bonds is 5. The Morgan fingerprint density at radius 2 is 1.83 bits per heavy atom. The minimum absolute atomic E-state index is 0. The Labute approximate surface area is 144 Å². The molecule has 0 aromatic heterocycles. The predicted octanol–water partition coefficient (Wildman–Crippen LogP) is 2.00. The molecule has 0 unspecified atom stereocenters. The summed E-state index contributed by atoms with van der Waals surface area (Å²) in [7, 11) is 0. The Morgan fingerprint density at radius 3 is 2.39 bits per heavy atom. The Bertz CT molecular complexity index is 511. The molecule has 3 N–H and O–H groups in total. The van der Waals surface area contributed by atoms with Gasteiger partial charge >= 0.3 is 0 Å². The van der Waals surface area contributed by atoms with Gasteiger partial charge < -0.3 is 16.0 Å². The molecular formula is C17H26ClN3O2. The molecule has 1 saturated heterocycles. The van der Waals surface area contributed by atoms with Crippen LogP contribution in [0.15, 0.2) is 24.3 Å². The molecule has 1 aromatic rings. The summed E-state index contributed by atoms with van der Waals surface area (Å²) in [6, 6.07) is 7.40. The molecule has 0 bridgehead atoms. The molecule has 0 aliphatic carbocycles. The van der Waals surface area contributed by atoms with Gasteiger partial charge in [-0.3, -0.25) is 9.59 Å². The maximum Gasteiger partial charge on any atom is 0.226 e. The lowest BCUT2D eigenvalue weighted by Crippen LogP contribution is -2.43. The SMILES string of the molecule is CCCNC(=O)C1CCN(C(=O)Cc2ccc(N)cc2)CC1.Cl. The first kappa shape index (κ1) is 19.3. The van der Waals surface area contributed by atoms with Crippen LogP contribution in [-0.4, -0.2) is 36.3 Å². The van der Waals surface area contributed by atoms with Gasteiger partial charge in [-0.05, 0) is 37.0 Å². The van der Waals surface area contributed by atoms with Crippen molar-refractivity contribution in [1.29, 1.82) is 0 Å². The summed E-state index contributed by atoms with van der Waals surface area (Å²) in [4.78, 5) is 26.1. The smallest absolute Gasteiger partial charge is 0.226 e. The average Bonchev–Trinajstić information content (AvgIpc) is 2.55. The van der Waals surface area contributed by atoms with Crippen LogP contribution in [0.5, 0.6) is 0 Å². The Morgan fingerprint density at radius 1 is 1.22 bits per heavy atom. The van der Waals surface area contributed by atoms with Crippen LogP contribution in [0.4, 0.5) is 5.69 Å². The summed E-state index contributed by atoms with van der Waals surface area (Å²) in [5.74, 6) is 0.303. The standard InChI is InChI=1S/C17H25N3O2.ClH/c1-2-9-19-17(22)14-7-10-20(11-8-14)16(21)12-13-3-5-15(18)6-4-13;/h3-6,14H,2,7-12,18H2,1H3,(H,19,22);1H. The van der Waals surface area contributed by atoms with Crippen molar-refractivity contribution >= 4 is 29.9 Å². The molecule has 2 amide bonds. The van der Waals surface area contributed by atoms with E-state index in [0.717, 1.165) is 31.4 Å². The van der Waals surface area contributed by atoms with Gasteiger partial charge in [0.15, 0.2) is 0 Å². The second-order valence-electron chi connectivity index (χ2n) is 5.86. The molecule has 6 heteroatoms. The normalized spacial score (nSPS) is 14.9. The van der Waals surface area contributed by atoms with Crippen molar-refractivity contribution in [3.05, 3.63) is 29.8 Å². The van der Waals surface area contributed by atoms with Crippen molar-refractivity contribution in [2.24, 2.45) is 5.92 Å². The molecule has 1 aromatic carbocycles. The van der Waals surface area contributed by atoms with Crippen LogP contribution < -0.4 is 11.1 Å². The van der Waals surface area contributed by atoms with Crippen LogP contribution in [0.1, 0.15) is 31.7 Å². The van der Waals surface area contributed by atoms with Gasteiger partial charge in [0.25, 0.3) is 0 Å². The van der Waals surface area contributed by atoms with Crippen LogP contribution in [-0.2, 0) is 16.0 Å². The Kier molecular flexibility index (Phi) is 7.89. The number of nitrogens with two attached hydrogens (primary N) is 1. The van der Waals surface area contributed by atoms with Crippen LogP contribution in [0.3, 0.4) is 0 Å². The predicted molar refractivity (Wildman–Crippen MR) is 94.4 cm³/mol. The van der Waals surface area contributed by atoms with Gasteiger partial charge in [0.1, 0.15) is 0 Å². The van der Waals surface area contributed by atoms with E-state index in [1.807, 2.05) is 36.1 Å². The Balaban J connectivity index is 0.00000264. The molecule has 0 saturated carbocycles. The van der Waals surface area contributed by atoms with Crippen molar-refractivity contribution in [3.63, 3.8) is 0 Å². The fraction of sp³-hybridized carbons (Fsp3) is 0.529. The topological polar surface area (TPSA) is 75.4 Å². The first-order chi connectivity index (χ1) is 10.6. The van der Waals surface area contributed by atoms with Gasteiger partial charge in [0, 0.05) is 31.2 Å². The molecule has 23 heavy (non-hydrogen) atoms. The number of carbonyl (C=O) groups excluding carboxylic acids is 2. The van der Waals surface area contributed by atoms with E-state index < -0.39 is 0 Å². The van der Waals surface area contributed by atoms with Gasteiger partial charge in [-0.1, -0.05) is 19.1 Å². The van der Waals surface area contributed by atoms with E-state index in [2.05, 4.69) is 5.32 Å². The third-order valence-corrected chi connectivity index (χ3v) is 4.10. The number of piperidine rings is 1. The van der Waals surface area contributed by atoms with E-state index >= 15 is 0 Å². The number of nitrogens with zero attached hydrogens (tertiary/aromatic N) is 1. The molecule has 5 nitrogen and oxygen atoms in total. The van der Waals surface area contributed by atoms with E-state index in [9.17, 15) is 9.59 Å². The molecule has 0 spiro atoms. The van der Waals surface area contributed by atoms with Gasteiger partial charge in [-0.25, -0.2) is 0 Å². The van der Waals surface area contributed by atoms with Gasteiger partial charge in [0.05, 0.1) is 6.42 Å². The number of amides is 2. The number of likely N-dealkylation sites (tertiary alicyclic amines) is 1. The number of carbonyl (C=O) groups is 2. The van der Waals surface area contributed by atoms with Crippen molar-refractivity contribution in [1.82, 2.24) is 10.2 Å². The number of nitrogen functional groups attached to an aromatic ring is 1. The lowest BCUT2D eigenvalue weighted by molar-refractivity contribution is -0.135. The van der Waals surface area contributed by atoms with Crippen LogP contribution in [0.25, 0.3) is 0 Å². The lowest BCUT2D eigenvalue weighted by Gasteiger charge is -2.31. The highest BCUT2D eigenvalue weighted by atomic mass is 35.5. The van der Waals surface area contributed by atoms with Gasteiger partial charge in [-0.15, -0.1) is 12.4 Å². The minimum atomic E-state index is 0. The maximum absolute atomic E-state index is 12.3. The second-order valence-corrected chi connectivity index (χ2v) is 5.86. The van der Waals surface area contributed by atoms with Crippen LogP contribution in [0, 0.1) is 5.92 Å². The molecule has 1 heterocycles. The number of benzene rings is 1. The molecule has 1 fully saturated rings.